The van der Waals surface area contributed by atoms with Crippen LogP contribution in [-0.2, 0) is 21.4 Å². The highest BCUT2D eigenvalue weighted by Gasteiger charge is 2.26. The Morgan fingerprint density at radius 1 is 1.29 bits per heavy atom. The lowest BCUT2D eigenvalue weighted by molar-refractivity contribution is 0.0429. The van der Waals surface area contributed by atoms with E-state index in [1.807, 2.05) is 13.8 Å². The van der Waals surface area contributed by atoms with Crippen molar-refractivity contribution < 1.29 is 27.2 Å². The lowest BCUT2D eigenvalue weighted by Gasteiger charge is -2.21. The molecule has 0 atom stereocenters. The van der Waals surface area contributed by atoms with Gasteiger partial charge < -0.3 is 14.0 Å². The molecule has 0 aliphatic carbocycles. The molecule has 0 unspecified atom stereocenters. The van der Waals surface area contributed by atoms with Crippen LogP contribution in [0.1, 0.15) is 62.6 Å². The van der Waals surface area contributed by atoms with Crippen molar-refractivity contribution in [2.75, 3.05) is 7.11 Å². The summed E-state index contributed by atoms with van der Waals surface area (Å²) in [5.74, 6) is 0.147. The normalized spacial score (nSPS) is 12.2. The van der Waals surface area contributed by atoms with Gasteiger partial charge in [-0.15, -0.1) is 0 Å². The van der Waals surface area contributed by atoms with E-state index < -0.39 is 21.5 Å². The first-order valence-corrected chi connectivity index (χ1v) is 10.1. The van der Waals surface area contributed by atoms with Gasteiger partial charge in [-0.3, -0.25) is 0 Å². The van der Waals surface area contributed by atoms with E-state index in [9.17, 15) is 13.2 Å². The van der Waals surface area contributed by atoms with Gasteiger partial charge in [0.25, 0.3) is 5.89 Å². The summed E-state index contributed by atoms with van der Waals surface area (Å²) in [7, 11) is -2.56. The van der Waals surface area contributed by atoms with Crippen LogP contribution in [0.2, 0.25) is 0 Å². The van der Waals surface area contributed by atoms with Gasteiger partial charge in [0.15, 0.2) is 12.4 Å². The number of rotatable bonds is 7. The Labute approximate surface area is 164 Å². The summed E-state index contributed by atoms with van der Waals surface area (Å²) < 4.78 is 43.2. The third-order valence-corrected chi connectivity index (χ3v) is 5.24. The van der Waals surface area contributed by atoms with E-state index >= 15 is 0 Å². The van der Waals surface area contributed by atoms with Crippen LogP contribution in [0.25, 0.3) is 0 Å². The van der Waals surface area contributed by atoms with Crippen molar-refractivity contribution in [1.29, 1.82) is 0 Å². The molecule has 1 heterocycles. The second-order valence-corrected chi connectivity index (χ2v) is 9.15. The molecule has 0 amide bonds. The summed E-state index contributed by atoms with van der Waals surface area (Å²) in [4.78, 5) is 16.3. The summed E-state index contributed by atoms with van der Waals surface area (Å²) in [6.07, 6.45) is 0. The van der Waals surface area contributed by atoms with E-state index in [1.165, 1.54) is 25.3 Å². The maximum Gasteiger partial charge on any atom is 0.338 e. The Bertz CT molecular complexity index is 944. The average molecular weight is 411 g/mol. The predicted octanol–water partition coefficient (Wildman–Crippen LogP) is 2.64. The molecule has 1 N–H and O–H groups in total. The molecule has 0 radical (unpaired) electrons. The standard InChI is InChI=1S/C18H25N3O6S/c1-11(2)16-19-15(27-20-16)10-26-17(22)12-7-8-13(25-6)14(9-12)28(23,24)21-18(3,4)5/h7-9,11,21H,10H2,1-6H3. The molecule has 2 aromatic rings. The SMILES string of the molecule is COc1ccc(C(=O)OCc2nc(C(C)C)no2)cc1S(=O)(=O)NC(C)(C)C. The number of aromatic nitrogens is 2. The third-order valence-electron chi connectivity index (χ3n) is 3.46. The van der Waals surface area contributed by atoms with E-state index in [-0.39, 0.29) is 34.6 Å². The van der Waals surface area contributed by atoms with Crippen molar-refractivity contribution in [2.24, 2.45) is 0 Å². The Kier molecular flexibility index (Phi) is 6.45. The first-order valence-electron chi connectivity index (χ1n) is 8.64. The first-order chi connectivity index (χ1) is 12.9. The van der Waals surface area contributed by atoms with Gasteiger partial charge >= 0.3 is 5.97 Å². The van der Waals surface area contributed by atoms with Crippen molar-refractivity contribution in [2.45, 2.75) is 57.6 Å². The molecule has 28 heavy (non-hydrogen) atoms. The molecule has 9 nitrogen and oxygen atoms in total. The smallest absolute Gasteiger partial charge is 0.338 e. The van der Waals surface area contributed by atoms with Gasteiger partial charge in [0.05, 0.1) is 12.7 Å². The van der Waals surface area contributed by atoms with Crippen molar-refractivity contribution in [1.82, 2.24) is 14.9 Å². The molecule has 0 aliphatic heterocycles. The van der Waals surface area contributed by atoms with Crippen molar-refractivity contribution in [3.05, 3.63) is 35.5 Å². The lowest BCUT2D eigenvalue weighted by atomic mass is 10.1. The molecule has 10 heteroatoms. The Morgan fingerprint density at radius 3 is 2.50 bits per heavy atom. The Balaban J connectivity index is 2.22. The van der Waals surface area contributed by atoms with Crippen molar-refractivity contribution in [3.63, 3.8) is 0 Å². The minimum atomic E-state index is -3.91. The van der Waals surface area contributed by atoms with Crippen LogP contribution in [0.3, 0.4) is 0 Å². The number of ether oxygens (including phenoxy) is 2. The highest BCUT2D eigenvalue weighted by Crippen LogP contribution is 2.26. The number of hydrogen-bond acceptors (Lipinski definition) is 8. The van der Waals surface area contributed by atoms with Crippen molar-refractivity contribution >= 4 is 16.0 Å². The first kappa shape index (κ1) is 21.8. The monoisotopic (exact) mass is 411 g/mol. The van der Waals surface area contributed by atoms with Gasteiger partial charge in [-0.2, -0.15) is 4.98 Å². The maximum absolute atomic E-state index is 12.7. The Morgan fingerprint density at radius 2 is 1.96 bits per heavy atom. The van der Waals surface area contributed by atoms with E-state index in [0.29, 0.717) is 5.82 Å². The molecular weight excluding hydrogens is 386 g/mol. The minimum Gasteiger partial charge on any atom is -0.495 e. The molecule has 1 aromatic carbocycles. The summed E-state index contributed by atoms with van der Waals surface area (Å²) in [6.45, 7) is 8.74. The van der Waals surface area contributed by atoms with Gasteiger partial charge in [0.1, 0.15) is 10.6 Å². The highest BCUT2D eigenvalue weighted by atomic mass is 32.2. The molecule has 0 aliphatic rings. The van der Waals surface area contributed by atoms with E-state index in [1.54, 1.807) is 20.8 Å². The molecule has 0 bridgehead atoms. The number of nitrogens with zero attached hydrogens (tertiary/aromatic N) is 2. The van der Waals surface area contributed by atoms with Crippen LogP contribution in [0.4, 0.5) is 0 Å². The highest BCUT2D eigenvalue weighted by molar-refractivity contribution is 7.89. The topological polar surface area (TPSA) is 121 Å². The second-order valence-electron chi connectivity index (χ2n) is 7.50. The molecule has 0 saturated carbocycles. The number of carbonyl (C=O) groups excluding carboxylic acids is 1. The average Bonchev–Trinajstić information content (AvgIpc) is 3.06. The molecule has 0 saturated heterocycles. The molecule has 2 rings (SSSR count). The number of methoxy groups -OCH3 is 1. The molecular formula is C18H25N3O6S. The van der Waals surface area contributed by atoms with E-state index in [2.05, 4.69) is 14.9 Å². The van der Waals surface area contributed by atoms with Crippen LogP contribution < -0.4 is 9.46 Å². The van der Waals surface area contributed by atoms with Crippen LogP contribution >= 0.6 is 0 Å². The minimum absolute atomic E-state index is 0.0543. The van der Waals surface area contributed by atoms with E-state index in [0.717, 1.165) is 0 Å². The quantitative estimate of drug-likeness (QED) is 0.690. The third kappa shape index (κ3) is 5.52. The zero-order valence-corrected chi connectivity index (χ0v) is 17.6. The fraction of sp³-hybridized carbons (Fsp3) is 0.500. The zero-order chi connectivity index (χ0) is 21.1. The number of carbonyl (C=O) groups is 1. The summed E-state index contributed by atoms with van der Waals surface area (Å²) in [5, 5.41) is 3.79. The summed E-state index contributed by atoms with van der Waals surface area (Å²) in [5.41, 5.74) is -0.648. The summed E-state index contributed by atoms with van der Waals surface area (Å²) >= 11 is 0. The second kappa shape index (κ2) is 8.27. The molecule has 1 aromatic heterocycles. The predicted molar refractivity (Wildman–Crippen MR) is 101 cm³/mol. The maximum atomic E-state index is 12.7. The number of esters is 1. The lowest BCUT2D eigenvalue weighted by Crippen LogP contribution is -2.40. The fourth-order valence-electron chi connectivity index (χ4n) is 2.24. The zero-order valence-electron chi connectivity index (χ0n) is 16.8. The van der Waals surface area contributed by atoms with E-state index in [4.69, 9.17) is 14.0 Å². The fourth-order valence-corrected chi connectivity index (χ4v) is 3.86. The van der Waals surface area contributed by atoms with Crippen molar-refractivity contribution in [3.8, 4) is 5.75 Å². The van der Waals surface area contributed by atoms with Gasteiger partial charge in [-0.1, -0.05) is 19.0 Å². The van der Waals surface area contributed by atoms with Gasteiger partial charge in [0, 0.05) is 11.5 Å². The number of nitrogens with one attached hydrogen (secondary N) is 1. The molecule has 0 fully saturated rings. The largest absolute Gasteiger partial charge is 0.495 e. The van der Waals surface area contributed by atoms with Crippen LogP contribution in [-0.4, -0.2) is 37.2 Å². The summed E-state index contributed by atoms with van der Waals surface area (Å²) in [6, 6.07) is 4.03. The number of sulfonamides is 1. The van der Waals surface area contributed by atoms with Crippen LogP contribution in [0.5, 0.6) is 5.75 Å². The Hall–Kier alpha value is -2.46. The number of hydrogen-bond donors (Lipinski definition) is 1. The molecule has 0 spiro atoms. The number of benzene rings is 1. The van der Waals surface area contributed by atoms with Gasteiger partial charge in [-0.05, 0) is 39.0 Å². The van der Waals surface area contributed by atoms with Gasteiger partial charge in [0.2, 0.25) is 10.0 Å². The molecule has 154 valence electrons. The van der Waals surface area contributed by atoms with Gasteiger partial charge in [-0.25, -0.2) is 17.9 Å². The van der Waals surface area contributed by atoms with Crippen LogP contribution in [0.15, 0.2) is 27.6 Å². The van der Waals surface area contributed by atoms with Crippen LogP contribution in [0, 0.1) is 0 Å².